The van der Waals surface area contributed by atoms with Gasteiger partial charge in [-0.1, -0.05) is 11.8 Å². The molecule has 3 rings (SSSR count). The molecule has 0 unspecified atom stereocenters. The van der Waals surface area contributed by atoms with Crippen LogP contribution < -0.4 is 16.4 Å². The van der Waals surface area contributed by atoms with Crippen LogP contribution in [0.4, 0.5) is 11.4 Å². The number of benzene rings is 2. The van der Waals surface area contributed by atoms with Gasteiger partial charge in [0.15, 0.2) is 0 Å². The second-order valence-electron chi connectivity index (χ2n) is 6.20. The van der Waals surface area contributed by atoms with Gasteiger partial charge in [-0.3, -0.25) is 14.4 Å². The number of carbonyl (C=O) groups excluding carboxylic acids is 2. The summed E-state index contributed by atoms with van der Waals surface area (Å²) < 4.78 is 0. The van der Waals surface area contributed by atoms with Crippen LogP contribution in [0.5, 0.6) is 0 Å². The highest BCUT2D eigenvalue weighted by molar-refractivity contribution is 7.99. The molecule has 7 nitrogen and oxygen atoms in total. The highest BCUT2D eigenvalue weighted by atomic mass is 32.2. The fraction of sp³-hybridized carbons (Fsp3) is 0.211. The molecule has 1 aliphatic rings. The molecule has 8 heteroatoms. The Morgan fingerprint density at radius 3 is 2.59 bits per heavy atom. The minimum absolute atomic E-state index is 0.00815. The second-order valence-corrected chi connectivity index (χ2v) is 7.35. The van der Waals surface area contributed by atoms with Crippen LogP contribution in [0.2, 0.25) is 0 Å². The summed E-state index contributed by atoms with van der Waals surface area (Å²) in [5, 5.41) is 14.1. The average Bonchev–Trinajstić information content (AvgIpc) is 3.00. The normalized spacial score (nSPS) is 13.6. The number of nitrogens with two attached hydrogens (primary N) is 1. The van der Waals surface area contributed by atoms with E-state index in [1.54, 1.807) is 23.9 Å². The molecular weight excluding hydrogens is 366 g/mol. The van der Waals surface area contributed by atoms with Crippen molar-refractivity contribution in [1.29, 1.82) is 0 Å². The molecule has 27 heavy (non-hydrogen) atoms. The zero-order chi connectivity index (χ0) is 19.4. The van der Waals surface area contributed by atoms with E-state index < -0.39 is 17.9 Å². The molecule has 1 atom stereocenters. The van der Waals surface area contributed by atoms with Crippen molar-refractivity contribution in [2.45, 2.75) is 35.1 Å². The summed E-state index contributed by atoms with van der Waals surface area (Å²) in [6, 6.07) is 12.3. The van der Waals surface area contributed by atoms with Crippen molar-refractivity contribution in [3.63, 3.8) is 0 Å². The zero-order valence-corrected chi connectivity index (χ0v) is 15.2. The van der Waals surface area contributed by atoms with E-state index in [1.165, 1.54) is 0 Å². The summed E-state index contributed by atoms with van der Waals surface area (Å²) >= 11 is 1.56. The van der Waals surface area contributed by atoms with E-state index in [4.69, 9.17) is 10.8 Å². The fourth-order valence-electron chi connectivity index (χ4n) is 2.66. The number of aliphatic carboxylic acids is 1. The minimum atomic E-state index is -0.980. The van der Waals surface area contributed by atoms with Crippen LogP contribution in [0.15, 0.2) is 52.3 Å². The maximum absolute atomic E-state index is 12.0. The van der Waals surface area contributed by atoms with Crippen LogP contribution in [-0.4, -0.2) is 28.9 Å². The third-order valence-corrected chi connectivity index (χ3v) is 5.06. The largest absolute Gasteiger partial charge is 0.481 e. The molecule has 0 radical (unpaired) electrons. The number of anilines is 2. The quantitative estimate of drug-likeness (QED) is 0.581. The fourth-order valence-corrected chi connectivity index (χ4v) is 3.54. The number of carbonyl (C=O) groups is 3. The Kier molecular flexibility index (Phi) is 5.78. The lowest BCUT2D eigenvalue weighted by molar-refractivity contribution is -0.137. The van der Waals surface area contributed by atoms with Crippen molar-refractivity contribution in [2.24, 2.45) is 5.73 Å². The SMILES string of the molecule is N[C@@H](CCC(=O)O)C(=O)Nc1ccc(Sc2ccc3c(c2)CC(=O)N3)cc1. The molecule has 0 aromatic heterocycles. The van der Waals surface area contributed by atoms with Gasteiger partial charge in [0.1, 0.15) is 0 Å². The lowest BCUT2D eigenvalue weighted by atomic mass is 10.1. The Morgan fingerprint density at radius 1 is 1.19 bits per heavy atom. The number of carboxylic acids is 1. The molecule has 2 amide bonds. The van der Waals surface area contributed by atoms with Gasteiger partial charge in [0, 0.05) is 27.6 Å². The van der Waals surface area contributed by atoms with Crippen molar-refractivity contribution in [2.75, 3.05) is 10.6 Å². The molecule has 0 bridgehead atoms. The van der Waals surface area contributed by atoms with E-state index in [0.29, 0.717) is 12.1 Å². The monoisotopic (exact) mass is 385 g/mol. The Balaban J connectivity index is 1.57. The third-order valence-electron chi connectivity index (χ3n) is 4.07. The number of hydrogen-bond acceptors (Lipinski definition) is 5. The number of carboxylic acid groups (broad SMARTS) is 1. The highest BCUT2D eigenvalue weighted by Crippen LogP contribution is 2.33. The number of hydrogen-bond donors (Lipinski definition) is 4. The Bertz CT molecular complexity index is 883. The summed E-state index contributed by atoms with van der Waals surface area (Å²) in [4.78, 5) is 35.9. The second kappa shape index (κ2) is 8.24. The molecule has 1 heterocycles. The van der Waals surface area contributed by atoms with Gasteiger partial charge < -0.3 is 21.5 Å². The van der Waals surface area contributed by atoms with Crippen LogP contribution in [-0.2, 0) is 20.8 Å². The van der Waals surface area contributed by atoms with Crippen molar-refractivity contribution in [3.05, 3.63) is 48.0 Å². The molecule has 5 N–H and O–H groups in total. The summed E-state index contributed by atoms with van der Waals surface area (Å²) in [6.07, 6.45) is 0.341. The molecule has 1 aliphatic heterocycles. The van der Waals surface area contributed by atoms with E-state index in [1.807, 2.05) is 30.3 Å². The van der Waals surface area contributed by atoms with Crippen LogP contribution >= 0.6 is 11.8 Å². The topological polar surface area (TPSA) is 122 Å². The first-order valence-electron chi connectivity index (χ1n) is 8.39. The molecule has 2 aromatic rings. The van der Waals surface area contributed by atoms with Crippen molar-refractivity contribution >= 4 is 40.9 Å². The van der Waals surface area contributed by atoms with Gasteiger partial charge >= 0.3 is 5.97 Å². The third kappa shape index (κ3) is 5.08. The van der Waals surface area contributed by atoms with E-state index >= 15 is 0 Å². The van der Waals surface area contributed by atoms with Gasteiger partial charge in [0.25, 0.3) is 0 Å². The molecule has 140 valence electrons. The number of amides is 2. The van der Waals surface area contributed by atoms with Crippen molar-refractivity contribution < 1.29 is 19.5 Å². The summed E-state index contributed by atoms with van der Waals surface area (Å²) in [5.74, 6) is -1.38. The van der Waals surface area contributed by atoms with Crippen LogP contribution in [0.3, 0.4) is 0 Å². The van der Waals surface area contributed by atoms with E-state index in [2.05, 4.69) is 10.6 Å². The molecule has 0 spiro atoms. The lowest BCUT2D eigenvalue weighted by Crippen LogP contribution is -2.36. The summed E-state index contributed by atoms with van der Waals surface area (Å²) in [5.41, 5.74) is 8.14. The maximum Gasteiger partial charge on any atom is 0.303 e. The summed E-state index contributed by atoms with van der Waals surface area (Å²) in [7, 11) is 0. The molecule has 2 aromatic carbocycles. The van der Waals surface area contributed by atoms with Crippen LogP contribution in [0, 0.1) is 0 Å². The standard InChI is InChI=1S/C19H19N3O4S/c20-15(6-8-18(24)25)19(26)21-12-1-3-13(4-2-12)27-14-5-7-16-11(9-14)10-17(23)22-16/h1-5,7,9,15H,6,8,10,20H2,(H,21,26)(H,22,23)(H,24,25)/t15-/m0/s1. The molecule has 0 fully saturated rings. The van der Waals surface area contributed by atoms with Gasteiger partial charge in [-0.05, 0) is 54.4 Å². The number of nitrogens with one attached hydrogen (secondary N) is 2. The minimum Gasteiger partial charge on any atom is -0.481 e. The van der Waals surface area contributed by atoms with E-state index in [0.717, 1.165) is 21.0 Å². The van der Waals surface area contributed by atoms with Gasteiger partial charge in [0.05, 0.1) is 12.5 Å². The van der Waals surface area contributed by atoms with Gasteiger partial charge in [0.2, 0.25) is 11.8 Å². The Morgan fingerprint density at radius 2 is 1.89 bits per heavy atom. The van der Waals surface area contributed by atoms with E-state index in [9.17, 15) is 14.4 Å². The number of fused-ring (bicyclic) bond motifs is 1. The van der Waals surface area contributed by atoms with Crippen molar-refractivity contribution in [1.82, 2.24) is 0 Å². The van der Waals surface area contributed by atoms with Gasteiger partial charge in [-0.25, -0.2) is 0 Å². The Labute approximate surface area is 160 Å². The molecule has 0 aliphatic carbocycles. The van der Waals surface area contributed by atoms with Crippen LogP contribution in [0.1, 0.15) is 18.4 Å². The maximum atomic E-state index is 12.0. The lowest BCUT2D eigenvalue weighted by Gasteiger charge is -2.11. The molecular formula is C19H19N3O4S. The van der Waals surface area contributed by atoms with Crippen molar-refractivity contribution in [3.8, 4) is 0 Å². The highest BCUT2D eigenvalue weighted by Gasteiger charge is 2.18. The predicted molar refractivity (Wildman–Crippen MR) is 103 cm³/mol. The van der Waals surface area contributed by atoms with Crippen LogP contribution in [0.25, 0.3) is 0 Å². The first-order chi connectivity index (χ1) is 12.9. The van der Waals surface area contributed by atoms with Gasteiger partial charge in [-0.15, -0.1) is 0 Å². The van der Waals surface area contributed by atoms with E-state index in [-0.39, 0.29) is 18.7 Å². The smallest absolute Gasteiger partial charge is 0.303 e. The zero-order valence-electron chi connectivity index (χ0n) is 14.4. The number of rotatable bonds is 7. The predicted octanol–water partition coefficient (Wildman–Crippen LogP) is 2.46. The molecule has 0 saturated heterocycles. The first kappa shape index (κ1) is 18.9. The average molecular weight is 385 g/mol. The summed E-state index contributed by atoms with van der Waals surface area (Å²) in [6.45, 7) is 0. The first-order valence-corrected chi connectivity index (χ1v) is 9.21. The Hall–Kier alpha value is -2.84. The molecule has 0 saturated carbocycles. The van der Waals surface area contributed by atoms with Gasteiger partial charge in [-0.2, -0.15) is 0 Å².